The van der Waals surface area contributed by atoms with Crippen LogP contribution in [0.2, 0.25) is 0 Å². The van der Waals surface area contributed by atoms with Gasteiger partial charge in [0.15, 0.2) is 6.10 Å². The summed E-state index contributed by atoms with van der Waals surface area (Å²) in [6.07, 6.45) is 32.8. The van der Waals surface area contributed by atoms with Crippen LogP contribution >= 0.6 is 7.82 Å². The lowest BCUT2D eigenvalue weighted by Crippen LogP contribution is -2.33. The number of rotatable bonds is 37. The number of esters is 2. The maximum absolute atomic E-state index is 13.6. The van der Waals surface area contributed by atoms with Crippen molar-refractivity contribution in [2.24, 2.45) is 17.6 Å². The van der Waals surface area contributed by atoms with E-state index in [-0.39, 0.29) is 19.8 Å². The van der Waals surface area contributed by atoms with Gasteiger partial charge in [0, 0.05) is 6.54 Å². The minimum Gasteiger partial charge on any atom is -0.461 e. The van der Waals surface area contributed by atoms with Crippen LogP contribution in [0.15, 0.2) is 24.3 Å². The first-order valence-electron chi connectivity index (χ1n) is 20.8. The quantitative estimate of drug-likeness (QED) is 0.0276. The van der Waals surface area contributed by atoms with E-state index in [4.69, 9.17) is 24.3 Å². The molecular weight excluding hydrogens is 665 g/mol. The van der Waals surface area contributed by atoms with Crippen LogP contribution in [0.5, 0.6) is 0 Å². The monoisotopic (exact) mass is 744 g/mol. The van der Waals surface area contributed by atoms with Gasteiger partial charge in [0.05, 0.1) is 25.0 Å². The minimum absolute atomic E-state index is 0.0424. The lowest BCUT2D eigenvalue weighted by atomic mass is 9.99. The predicted molar refractivity (Wildman–Crippen MR) is 210 cm³/mol. The van der Waals surface area contributed by atoms with E-state index in [1.807, 2.05) is 12.2 Å². The van der Waals surface area contributed by atoms with E-state index in [0.717, 1.165) is 77.0 Å². The number of nitrogens with two attached hydrogens (primary N) is 1. The molecule has 3 N–H and O–H groups in total. The Bertz CT molecular complexity index is 927. The Labute approximate surface area is 312 Å². The molecule has 4 atom stereocenters. The fourth-order valence-corrected chi connectivity index (χ4v) is 6.57. The van der Waals surface area contributed by atoms with Gasteiger partial charge in [-0.1, -0.05) is 168 Å². The summed E-state index contributed by atoms with van der Waals surface area (Å²) in [4.78, 5) is 37.1. The third kappa shape index (κ3) is 30.6. The second-order valence-electron chi connectivity index (χ2n) is 14.0. The average molecular weight is 744 g/mol. The highest BCUT2D eigenvalue weighted by Crippen LogP contribution is 2.43. The van der Waals surface area contributed by atoms with Gasteiger partial charge in [-0.2, -0.15) is 0 Å². The van der Waals surface area contributed by atoms with Crippen LogP contribution in [0, 0.1) is 11.8 Å². The molecule has 0 amide bonds. The Hall–Kier alpha value is -1.51. The van der Waals surface area contributed by atoms with E-state index in [9.17, 15) is 19.0 Å². The minimum atomic E-state index is -4.45. The molecule has 0 aliphatic carbocycles. The van der Waals surface area contributed by atoms with E-state index in [0.29, 0.717) is 12.8 Å². The summed E-state index contributed by atoms with van der Waals surface area (Å²) >= 11 is 0. The molecular formula is C41H78NO8P. The van der Waals surface area contributed by atoms with Crippen molar-refractivity contribution < 1.29 is 37.6 Å². The van der Waals surface area contributed by atoms with Gasteiger partial charge in [0.25, 0.3) is 0 Å². The molecule has 0 aromatic carbocycles. The van der Waals surface area contributed by atoms with Crippen LogP contribution in [0.1, 0.15) is 182 Å². The summed E-state index contributed by atoms with van der Waals surface area (Å²) in [5.41, 5.74) is 5.42. The van der Waals surface area contributed by atoms with E-state index in [1.54, 1.807) is 0 Å². The van der Waals surface area contributed by atoms with E-state index in [1.165, 1.54) is 64.2 Å². The second-order valence-corrected chi connectivity index (χ2v) is 15.4. The molecule has 0 saturated heterocycles. The van der Waals surface area contributed by atoms with Crippen molar-refractivity contribution in [2.45, 2.75) is 188 Å². The number of phosphoric acid groups is 1. The van der Waals surface area contributed by atoms with Crippen LogP contribution in [-0.2, 0) is 32.7 Å². The van der Waals surface area contributed by atoms with Gasteiger partial charge in [-0.3, -0.25) is 18.6 Å². The highest BCUT2D eigenvalue weighted by atomic mass is 31.2. The molecule has 0 radical (unpaired) electrons. The summed E-state index contributed by atoms with van der Waals surface area (Å²) in [5.74, 6) is -1.73. The lowest BCUT2D eigenvalue weighted by molar-refractivity contribution is -0.164. The normalized spacial score (nSPS) is 14.9. The smallest absolute Gasteiger partial charge is 0.461 e. The number of hydrogen-bond donors (Lipinski definition) is 2. The number of allylic oxidation sites excluding steroid dienone is 2. The van der Waals surface area contributed by atoms with Gasteiger partial charge in [0.1, 0.15) is 6.61 Å². The zero-order valence-electron chi connectivity index (χ0n) is 33.2. The Balaban J connectivity index is 5.64. The van der Waals surface area contributed by atoms with Crippen molar-refractivity contribution in [3.8, 4) is 0 Å². The van der Waals surface area contributed by atoms with Gasteiger partial charge in [-0.15, -0.1) is 0 Å². The predicted octanol–water partition coefficient (Wildman–Crippen LogP) is 11.3. The molecule has 0 fully saturated rings. The number of phosphoric ester groups is 1. The fourth-order valence-electron chi connectivity index (χ4n) is 5.81. The summed E-state index contributed by atoms with van der Waals surface area (Å²) in [6.45, 7) is 7.86. The Morgan fingerprint density at radius 2 is 1.04 bits per heavy atom. The Kier molecular flexibility index (Phi) is 34.5. The van der Waals surface area contributed by atoms with Gasteiger partial charge in [-0.05, 0) is 38.5 Å². The molecule has 0 aromatic heterocycles. The van der Waals surface area contributed by atoms with E-state index >= 15 is 0 Å². The maximum Gasteiger partial charge on any atom is 0.472 e. The van der Waals surface area contributed by atoms with Crippen molar-refractivity contribution in [3.05, 3.63) is 24.3 Å². The Morgan fingerprint density at radius 3 is 1.51 bits per heavy atom. The van der Waals surface area contributed by atoms with Crippen LogP contribution in [0.3, 0.4) is 0 Å². The number of carbonyl (C=O) groups excluding carboxylic acids is 2. The van der Waals surface area contributed by atoms with Gasteiger partial charge in [-0.25, -0.2) is 4.57 Å². The fraction of sp³-hybridized carbons (Fsp3) is 0.854. The first-order chi connectivity index (χ1) is 24.7. The molecule has 0 aliphatic rings. The standard InChI is InChI=1S/C41H78NO8P/c1-5-9-13-17-19-21-23-27-30-37(29-25-15-11-7-3)40(43)47-35-39(36-49-51(45,46)48-34-33-42)50-41(44)38(31-26-16-12-8-4)32-28-24-22-20-18-14-10-6-2/h27-28,30,32,37-39H,5-26,29,31,33-36,42H2,1-4H3,(H,45,46)/b30-27+,32-28+. The molecule has 9 nitrogen and oxygen atoms in total. The molecule has 0 bridgehead atoms. The molecule has 0 heterocycles. The molecule has 0 aromatic rings. The molecule has 51 heavy (non-hydrogen) atoms. The summed E-state index contributed by atoms with van der Waals surface area (Å²) in [5, 5.41) is 0. The molecule has 10 heteroatoms. The summed E-state index contributed by atoms with van der Waals surface area (Å²) in [6, 6.07) is 0. The third-order valence-electron chi connectivity index (χ3n) is 9.02. The first kappa shape index (κ1) is 49.5. The van der Waals surface area contributed by atoms with Crippen LogP contribution < -0.4 is 5.73 Å². The van der Waals surface area contributed by atoms with Crippen molar-refractivity contribution >= 4 is 19.8 Å². The van der Waals surface area contributed by atoms with E-state index in [2.05, 4.69) is 39.8 Å². The number of carbonyl (C=O) groups is 2. The topological polar surface area (TPSA) is 134 Å². The second kappa shape index (κ2) is 35.5. The number of unbranched alkanes of at least 4 members (excludes halogenated alkanes) is 18. The van der Waals surface area contributed by atoms with Gasteiger partial charge >= 0.3 is 19.8 Å². The Morgan fingerprint density at radius 1 is 0.608 bits per heavy atom. The lowest BCUT2D eigenvalue weighted by Gasteiger charge is -2.22. The van der Waals surface area contributed by atoms with E-state index < -0.39 is 44.3 Å². The molecule has 0 aliphatic heterocycles. The van der Waals surface area contributed by atoms with Gasteiger partial charge < -0.3 is 20.1 Å². The highest BCUT2D eigenvalue weighted by Gasteiger charge is 2.28. The maximum atomic E-state index is 13.6. The number of ether oxygens (including phenoxy) is 2. The molecule has 4 unspecified atom stereocenters. The molecule has 0 spiro atoms. The highest BCUT2D eigenvalue weighted by molar-refractivity contribution is 7.47. The van der Waals surface area contributed by atoms with Crippen LogP contribution in [0.25, 0.3) is 0 Å². The van der Waals surface area contributed by atoms with Crippen LogP contribution in [0.4, 0.5) is 0 Å². The zero-order chi connectivity index (χ0) is 37.8. The summed E-state index contributed by atoms with van der Waals surface area (Å²) in [7, 11) is -4.45. The van der Waals surface area contributed by atoms with Crippen LogP contribution in [-0.4, -0.2) is 49.3 Å². The van der Waals surface area contributed by atoms with Crippen molar-refractivity contribution in [3.63, 3.8) is 0 Å². The molecule has 0 saturated carbocycles. The first-order valence-corrected chi connectivity index (χ1v) is 22.3. The van der Waals surface area contributed by atoms with Crippen molar-refractivity contribution in [2.75, 3.05) is 26.4 Å². The van der Waals surface area contributed by atoms with Crippen molar-refractivity contribution in [1.82, 2.24) is 0 Å². The van der Waals surface area contributed by atoms with Gasteiger partial charge in [0.2, 0.25) is 0 Å². The molecule has 0 rings (SSSR count). The largest absolute Gasteiger partial charge is 0.472 e. The SMILES string of the molecule is CCCCCCCC/C=C/C(CCCCCC)C(=O)OCC(COP(=O)(O)OCCN)OC(=O)C(/C=C/CCCCCCCC)CCCCCC. The van der Waals surface area contributed by atoms with Crippen molar-refractivity contribution in [1.29, 1.82) is 0 Å². The number of hydrogen-bond acceptors (Lipinski definition) is 8. The average Bonchev–Trinajstić information content (AvgIpc) is 3.12. The summed E-state index contributed by atoms with van der Waals surface area (Å²) < 4.78 is 34.1. The third-order valence-corrected chi connectivity index (χ3v) is 10.0. The molecule has 300 valence electrons. The zero-order valence-corrected chi connectivity index (χ0v) is 34.1.